The first kappa shape index (κ1) is 16.8. The Kier molecular flexibility index (Phi) is 4.52. The highest BCUT2D eigenvalue weighted by molar-refractivity contribution is 7.91. The summed E-state index contributed by atoms with van der Waals surface area (Å²) in [6.45, 7) is 3.68. The number of benzene rings is 1. The minimum Gasteiger partial charge on any atom is -0.496 e. The van der Waals surface area contributed by atoms with Gasteiger partial charge in [0.05, 0.1) is 24.0 Å². The van der Waals surface area contributed by atoms with Gasteiger partial charge in [-0.2, -0.15) is 0 Å². The SMILES string of the molecule is COc1ccccc1C(C)(C)C(=O)N(C)C1CCS(=O)(=O)C1. The summed E-state index contributed by atoms with van der Waals surface area (Å²) in [5, 5.41) is 0. The normalized spacial score (nSPS) is 20.6. The van der Waals surface area contributed by atoms with Gasteiger partial charge in [0, 0.05) is 18.7 Å². The largest absolute Gasteiger partial charge is 0.496 e. The van der Waals surface area contributed by atoms with Gasteiger partial charge < -0.3 is 9.64 Å². The number of carbonyl (C=O) groups is 1. The van der Waals surface area contributed by atoms with Crippen LogP contribution in [0, 0.1) is 0 Å². The average molecular weight is 325 g/mol. The van der Waals surface area contributed by atoms with E-state index < -0.39 is 15.3 Å². The smallest absolute Gasteiger partial charge is 0.232 e. The summed E-state index contributed by atoms with van der Waals surface area (Å²) >= 11 is 0. The fourth-order valence-electron chi connectivity index (χ4n) is 2.96. The Hall–Kier alpha value is -1.56. The van der Waals surface area contributed by atoms with Gasteiger partial charge in [-0.05, 0) is 26.3 Å². The molecule has 5 nitrogen and oxygen atoms in total. The second-order valence-corrected chi connectivity index (χ2v) is 8.53. The van der Waals surface area contributed by atoms with Gasteiger partial charge >= 0.3 is 0 Å². The van der Waals surface area contributed by atoms with Gasteiger partial charge in [0.15, 0.2) is 9.84 Å². The van der Waals surface area contributed by atoms with E-state index in [1.54, 1.807) is 19.1 Å². The molecule has 0 bridgehead atoms. The number of sulfone groups is 1. The maximum Gasteiger partial charge on any atom is 0.232 e. The number of para-hydroxylation sites is 1. The van der Waals surface area contributed by atoms with Crippen molar-refractivity contribution >= 4 is 15.7 Å². The molecular weight excluding hydrogens is 302 g/mol. The van der Waals surface area contributed by atoms with Gasteiger partial charge in [-0.3, -0.25) is 4.79 Å². The third kappa shape index (κ3) is 3.11. The molecule has 1 saturated heterocycles. The summed E-state index contributed by atoms with van der Waals surface area (Å²) in [4.78, 5) is 14.5. The maximum atomic E-state index is 12.9. The fourth-order valence-corrected chi connectivity index (χ4v) is 4.74. The van der Waals surface area contributed by atoms with E-state index in [0.29, 0.717) is 12.2 Å². The van der Waals surface area contributed by atoms with Crippen LogP contribution in [0.1, 0.15) is 25.8 Å². The minimum atomic E-state index is -3.02. The first-order valence-corrected chi connectivity index (χ1v) is 9.12. The van der Waals surface area contributed by atoms with Crippen molar-refractivity contribution in [1.82, 2.24) is 4.90 Å². The van der Waals surface area contributed by atoms with Crippen molar-refractivity contribution in [2.24, 2.45) is 0 Å². The predicted molar refractivity (Wildman–Crippen MR) is 85.8 cm³/mol. The van der Waals surface area contributed by atoms with Crippen molar-refractivity contribution < 1.29 is 17.9 Å². The molecule has 22 heavy (non-hydrogen) atoms. The zero-order valence-corrected chi connectivity index (χ0v) is 14.3. The second kappa shape index (κ2) is 5.91. The van der Waals surface area contributed by atoms with E-state index in [4.69, 9.17) is 4.74 Å². The average Bonchev–Trinajstić information content (AvgIpc) is 2.85. The predicted octanol–water partition coefficient (Wildman–Crippen LogP) is 1.62. The highest BCUT2D eigenvalue weighted by Gasteiger charge is 2.40. The molecule has 0 saturated carbocycles. The molecule has 1 heterocycles. The summed E-state index contributed by atoms with van der Waals surface area (Å²) in [7, 11) is 0.246. The van der Waals surface area contributed by atoms with Gasteiger partial charge in [-0.15, -0.1) is 0 Å². The van der Waals surface area contributed by atoms with Crippen LogP contribution < -0.4 is 4.74 Å². The maximum absolute atomic E-state index is 12.9. The summed E-state index contributed by atoms with van der Waals surface area (Å²) < 4.78 is 28.6. The summed E-state index contributed by atoms with van der Waals surface area (Å²) in [6.07, 6.45) is 0.507. The molecule has 6 heteroatoms. The van der Waals surface area contributed by atoms with Crippen molar-refractivity contribution in [3.8, 4) is 5.75 Å². The number of ether oxygens (including phenoxy) is 1. The van der Waals surface area contributed by atoms with Crippen LogP contribution in [0.5, 0.6) is 5.75 Å². The molecule has 1 aliphatic heterocycles. The zero-order chi connectivity index (χ0) is 16.5. The lowest BCUT2D eigenvalue weighted by atomic mass is 9.82. The number of rotatable bonds is 4. The third-order valence-corrected chi connectivity index (χ3v) is 6.14. The van der Waals surface area contributed by atoms with E-state index in [2.05, 4.69) is 0 Å². The van der Waals surface area contributed by atoms with Crippen LogP contribution in [0.3, 0.4) is 0 Å². The molecule has 1 atom stereocenters. The second-order valence-electron chi connectivity index (χ2n) is 6.30. The fraction of sp³-hybridized carbons (Fsp3) is 0.562. The minimum absolute atomic E-state index is 0.0528. The molecule has 2 rings (SSSR count). The Morgan fingerprint density at radius 3 is 2.50 bits per heavy atom. The van der Waals surface area contributed by atoms with Crippen LogP contribution in [0.25, 0.3) is 0 Å². The van der Waals surface area contributed by atoms with E-state index in [1.165, 1.54) is 0 Å². The zero-order valence-electron chi connectivity index (χ0n) is 13.5. The number of amides is 1. The van der Waals surface area contributed by atoms with Crippen molar-refractivity contribution in [1.29, 1.82) is 0 Å². The summed E-state index contributed by atoms with van der Waals surface area (Å²) in [5.41, 5.74) is 0.0171. The van der Waals surface area contributed by atoms with Gasteiger partial charge in [0.25, 0.3) is 0 Å². The van der Waals surface area contributed by atoms with Gasteiger partial charge in [-0.1, -0.05) is 18.2 Å². The van der Waals surface area contributed by atoms with Crippen molar-refractivity contribution in [2.75, 3.05) is 25.7 Å². The van der Waals surface area contributed by atoms with Gasteiger partial charge in [-0.25, -0.2) is 8.42 Å². The van der Waals surface area contributed by atoms with E-state index in [1.807, 2.05) is 38.1 Å². The van der Waals surface area contributed by atoms with E-state index >= 15 is 0 Å². The molecule has 1 amide bonds. The topological polar surface area (TPSA) is 63.7 Å². The Labute approximate surface area is 132 Å². The highest BCUT2D eigenvalue weighted by atomic mass is 32.2. The molecular formula is C16H23NO4S. The Bertz CT molecular complexity index is 666. The van der Waals surface area contributed by atoms with Crippen LogP contribution in [-0.4, -0.2) is 50.9 Å². The van der Waals surface area contributed by atoms with Crippen LogP contribution in [0.15, 0.2) is 24.3 Å². The molecule has 1 fully saturated rings. The number of likely N-dealkylation sites (N-methyl/N-ethyl adjacent to an activating group) is 1. The molecule has 1 unspecified atom stereocenters. The van der Waals surface area contributed by atoms with Crippen LogP contribution in [0.2, 0.25) is 0 Å². The molecule has 0 N–H and O–H groups in total. The van der Waals surface area contributed by atoms with Crippen LogP contribution in [-0.2, 0) is 20.0 Å². The molecule has 0 aliphatic carbocycles. The lowest BCUT2D eigenvalue weighted by molar-refractivity contribution is -0.136. The van der Waals surface area contributed by atoms with Crippen molar-refractivity contribution in [2.45, 2.75) is 31.7 Å². The molecule has 1 aliphatic rings. The lowest BCUT2D eigenvalue weighted by Crippen LogP contribution is -2.47. The first-order chi connectivity index (χ1) is 10.2. The van der Waals surface area contributed by atoms with Crippen molar-refractivity contribution in [3.63, 3.8) is 0 Å². The molecule has 1 aromatic rings. The molecule has 0 aromatic heterocycles. The Balaban J connectivity index is 2.27. The Morgan fingerprint density at radius 1 is 1.32 bits per heavy atom. The number of nitrogens with zero attached hydrogens (tertiary/aromatic N) is 1. The van der Waals surface area contributed by atoms with Crippen molar-refractivity contribution in [3.05, 3.63) is 29.8 Å². The third-order valence-electron chi connectivity index (χ3n) is 4.39. The number of hydrogen-bond acceptors (Lipinski definition) is 4. The summed E-state index contributed by atoms with van der Waals surface area (Å²) in [6, 6.07) is 7.18. The number of methoxy groups -OCH3 is 1. The van der Waals surface area contributed by atoms with Gasteiger partial charge in [0.2, 0.25) is 5.91 Å². The van der Waals surface area contributed by atoms with Crippen LogP contribution in [0.4, 0.5) is 0 Å². The van der Waals surface area contributed by atoms with Gasteiger partial charge in [0.1, 0.15) is 5.75 Å². The number of hydrogen-bond donors (Lipinski definition) is 0. The molecule has 122 valence electrons. The number of carbonyl (C=O) groups excluding carboxylic acids is 1. The highest BCUT2D eigenvalue weighted by Crippen LogP contribution is 2.34. The molecule has 1 aromatic carbocycles. The van der Waals surface area contributed by atoms with E-state index in [-0.39, 0.29) is 23.5 Å². The molecule has 0 radical (unpaired) electrons. The van der Waals surface area contributed by atoms with E-state index in [0.717, 1.165) is 5.56 Å². The first-order valence-electron chi connectivity index (χ1n) is 7.30. The monoisotopic (exact) mass is 325 g/mol. The quantitative estimate of drug-likeness (QED) is 0.844. The lowest BCUT2D eigenvalue weighted by Gasteiger charge is -2.33. The van der Waals surface area contributed by atoms with E-state index in [9.17, 15) is 13.2 Å². The van der Waals surface area contributed by atoms with Crippen LogP contribution >= 0.6 is 0 Å². The Morgan fingerprint density at radius 2 is 1.95 bits per heavy atom. The summed E-state index contributed by atoms with van der Waals surface area (Å²) in [5.74, 6) is 0.772. The molecule has 0 spiro atoms. The standard InChI is InChI=1S/C16H23NO4S/c1-16(2,13-7-5-6-8-14(13)21-4)15(18)17(3)12-9-10-22(19,20)11-12/h5-8,12H,9-11H2,1-4H3.